The van der Waals surface area contributed by atoms with E-state index in [4.69, 9.17) is 16.3 Å². The van der Waals surface area contributed by atoms with Crippen molar-refractivity contribution in [3.8, 4) is 5.75 Å². The predicted molar refractivity (Wildman–Crippen MR) is 98.8 cm³/mol. The fraction of sp³-hybridized carbons (Fsp3) is 0.353. The number of hydrogen-bond acceptors (Lipinski definition) is 9. The summed E-state index contributed by atoms with van der Waals surface area (Å²) >= 11 is 6.12. The monoisotopic (exact) mass is 407 g/mol. The third-order valence-electron chi connectivity index (χ3n) is 4.68. The third kappa shape index (κ3) is 3.15. The van der Waals surface area contributed by atoms with Gasteiger partial charge in [-0.3, -0.25) is 4.57 Å². The van der Waals surface area contributed by atoms with E-state index < -0.39 is 31.1 Å². The maximum Gasteiger partial charge on any atom is 0.167 e. The SMILES string of the molecule is OC[C@H]1O[C@@H](n2cnc3c(NCc4c(O)cccc4Cl)ncnc32)[C@H](O)[C@@H]1O. The smallest absolute Gasteiger partial charge is 0.167 e. The standard InChI is InChI=1S/C17H18ClN5O5/c18-9-2-1-3-10(25)8(9)4-19-15-12-16(21-6-20-15)23(7-22-12)17-14(27)13(26)11(5-24)28-17/h1-3,6-7,11,13-14,17,24-27H,4-5H2,(H,19,20,21)/t11-,13-,14-,17-/m1/s1. The van der Waals surface area contributed by atoms with Crippen molar-refractivity contribution in [1.82, 2.24) is 19.5 Å². The molecule has 1 fully saturated rings. The minimum absolute atomic E-state index is 0.0577. The van der Waals surface area contributed by atoms with Crippen molar-refractivity contribution in [2.24, 2.45) is 0 Å². The molecule has 0 spiro atoms. The Morgan fingerprint density at radius 3 is 2.71 bits per heavy atom. The second kappa shape index (κ2) is 7.49. The fourth-order valence-corrected chi connectivity index (χ4v) is 3.41. The molecule has 0 radical (unpaired) electrons. The van der Waals surface area contributed by atoms with Gasteiger partial charge in [0.2, 0.25) is 0 Å². The lowest BCUT2D eigenvalue weighted by Gasteiger charge is -2.16. The van der Waals surface area contributed by atoms with Crippen LogP contribution in [0, 0.1) is 0 Å². The zero-order valence-electron chi connectivity index (χ0n) is 14.5. The van der Waals surface area contributed by atoms with Crippen molar-refractivity contribution in [2.75, 3.05) is 11.9 Å². The second-order valence-corrected chi connectivity index (χ2v) is 6.77. The van der Waals surface area contributed by atoms with E-state index in [1.54, 1.807) is 12.1 Å². The van der Waals surface area contributed by atoms with E-state index in [0.717, 1.165) is 0 Å². The van der Waals surface area contributed by atoms with Gasteiger partial charge in [0.15, 0.2) is 23.2 Å². The number of anilines is 1. The Bertz CT molecular complexity index is 979. The Labute approximate surface area is 164 Å². The number of aliphatic hydroxyl groups excluding tert-OH is 3. The summed E-state index contributed by atoms with van der Waals surface area (Å²) in [6.07, 6.45) is -1.60. The van der Waals surface area contributed by atoms with E-state index in [2.05, 4.69) is 20.3 Å². The topological polar surface area (TPSA) is 146 Å². The maximum atomic E-state index is 10.2. The molecule has 28 heavy (non-hydrogen) atoms. The van der Waals surface area contributed by atoms with Crippen LogP contribution in [0.15, 0.2) is 30.9 Å². The summed E-state index contributed by atoms with van der Waals surface area (Å²) < 4.78 is 7.00. The van der Waals surface area contributed by atoms with Crippen LogP contribution >= 0.6 is 11.6 Å². The number of rotatable bonds is 5. The molecular formula is C17H18ClN5O5. The second-order valence-electron chi connectivity index (χ2n) is 6.37. The van der Waals surface area contributed by atoms with Crippen molar-refractivity contribution in [2.45, 2.75) is 31.1 Å². The number of aromatic hydroxyl groups is 1. The molecule has 10 nitrogen and oxygen atoms in total. The average molecular weight is 408 g/mol. The van der Waals surface area contributed by atoms with Crippen LogP contribution < -0.4 is 5.32 Å². The molecule has 5 N–H and O–H groups in total. The highest BCUT2D eigenvalue weighted by Crippen LogP contribution is 2.32. The molecule has 0 bridgehead atoms. The lowest BCUT2D eigenvalue weighted by molar-refractivity contribution is -0.0511. The number of phenols is 1. The van der Waals surface area contributed by atoms with Crippen LogP contribution in [0.25, 0.3) is 11.2 Å². The summed E-state index contributed by atoms with van der Waals surface area (Å²) in [7, 11) is 0. The molecule has 3 aromatic rings. The molecule has 2 aromatic heterocycles. The molecule has 0 aliphatic carbocycles. The van der Waals surface area contributed by atoms with Crippen LogP contribution in [-0.2, 0) is 11.3 Å². The van der Waals surface area contributed by atoms with Gasteiger partial charge in [-0.25, -0.2) is 15.0 Å². The first kappa shape index (κ1) is 18.8. The number of aromatic nitrogens is 4. The summed E-state index contributed by atoms with van der Waals surface area (Å²) in [6, 6.07) is 4.85. The molecule has 1 aromatic carbocycles. The van der Waals surface area contributed by atoms with Crippen molar-refractivity contribution in [1.29, 1.82) is 0 Å². The lowest BCUT2D eigenvalue weighted by atomic mass is 10.1. The van der Waals surface area contributed by atoms with Gasteiger partial charge in [-0.05, 0) is 12.1 Å². The Morgan fingerprint density at radius 1 is 1.18 bits per heavy atom. The first-order valence-corrected chi connectivity index (χ1v) is 8.89. The molecule has 11 heteroatoms. The summed E-state index contributed by atoms with van der Waals surface area (Å²) in [5.74, 6) is 0.456. The van der Waals surface area contributed by atoms with Crippen LogP contribution in [-0.4, -0.2) is 64.9 Å². The predicted octanol–water partition coefficient (Wildman–Crippen LogP) is 0.409. The summed E-state index contributed by atoms with van der Waals surface area (Å²) in [5, 5.41) is 42.9. The number of nitrogens with zero attached hydrogens (tertiary/aromatic N) is 4. The van der Waals surface area contributed by atoms with Gasteiger partial charge in [-0.15, -0.1) is 0 Å². The van der Waals surface area contributed by atoms with Gasteiger partial charge >= 0.3 is 0 Å². The summed E-state index contributed by atoms with van der Waals surface area (Å²) in [6.45, 7) is -0.219. The van der Waals surface area contributed by atoms with Gasteiger partial charge in [0.05, 0.1) is 12.9 Å². The molecule has 1 saturated heterocycles. The molecule has 1 aliphatic heterocycles. The first-order chi connectivity index (χ1) is 13.5. The lowest BCUT2D eigenvalue weighted by Crippen LogP contribution is -2.33. The molecule has 4 rings (SSSR count). The summed E-state index contributed by atoms with van der Waals surface area (Å²) in [4.78, 5) is 12.6. The van der Waals surface area contributed by atoms with Crippen molar-refractivity contribution < 1.29 is 25.2 Å². The zero-order chi connectivity index (χ0) is 19.8. The molecular weight excluding hydrogens is 390 g/mol. The number of hydrogen-bond donors (Lipinski definition) is 5. The van der Waals surface area contributed by atoms with Crippen molar-refractivity contribution in [3.63, 3.8) is 0 Å². The van der Waals surface area contributed by atoms with Crippen molar-refractivity contribution in [3.05, 3.63) is 41.4 Å². The Hall–Kier alpha value is -2.50. The van der Waals surface area contributed by atoms with Crippen LogP contribution in [0.4, 0.5) is 5.82 Å². The van der Waals surface area contributed by atoms with Crippen LogP contribution in [0.3, 0.4) is 0 Å². The van der Waals surface area contributed by atoms with Gasteiger partial charge in [-0.2, -0.15) is 0 Å². The summed E-state index contributed by atoms with van der Waals surface area (Å²) in [5.41, 5.74) is 1.29. The number of benzene rings is 1. The van der Waals surface area contributed by atoms with Crippen LogP contribution in [0.2, 0.25) is 5.02 Å². The molecule has 0 amide bonds. The molecule has 148 valence electrons. The number of ether oxygens (including phenoxy) is 1. The van der Waals surface area contributed by atoms with E-state index in [-0.39, 0.29) is 12.3 Å². The first-order valence-electron chi connectivity index (χ1n) is 8.51. The minimum Gasteiger partial charge on any atom is -0.508 e. The van der Waals surface area contributed by atoms with Crippen molar-refractivity contribution >= 4 is 28.6 Å². The molecule has 0 saturated carbocycles. The quantitative estimate of drug-likeness (QED) is 0.405. The normalized spacial score (nSPS) is 24.7. The van der Waals surface area contributed by atoms with E-state index in [0.29, 0.717) is 27.6 Å². The van der Waals surface area contributed by atoms with Crippen LogP contribution in [0.1, 0.15) is 11.8 Å². The molecule has 0 unspecified atom stereocenters. The number of phenolic OH excluding ortho intramolecular Hbond substituents is 1. The molecule has 1 aliphatic rings. The molecule has 3 heterocycles. The Morgan fingerprint density at radius 2 is 2.00 bits per heavy atom. The van der Waals surface area contributed by atoms with Gasteiger partial charge in [0, 0.05) is 17.1 Å². The van der Waals surface area contributed by atoms with Gasteiger partial charge in [0.25, 0.3) is 0 Å². The third-order valence-corrected chi connectivity index (χ3v) is 5.03. The Kier molecular flexibility index (Phi) is 5.04. The van der Waals surface area contributed by atoms with Gasteiger partial charge in [-0.1, -0.05) is 17.7 Å². The minimum atomic E-state index is -1.25. The molecule has 4 atom stereocenters. The number of fused-ring (bicyclic) bond motifs is 1. The average Bonchev–Trinajstić information content (AvgIpc) is 3.23. The van der Waals surface area contributed by atoms with E-state index in [1.165, 1.54) is 23.3 Å². The Balaban J connectivity index is 1.62. The highest BCUT2D eigenvalue weighted by atomic mass is 35.5. The number of halogens is 1. The number of aliphatic hydroxyl groups is 3. The largest absolute Gasteiger partial charge is 0.508 e. The highest BCUT2D eigenvalue weighted by Gasteiger charge is 2.44. The van der Waals surface area contributed by atoms with Gasteiger partial charge < -0.3 is 30.5 Å². The van der Waals surface area contributed by atoms with Crippen LogP contribution in [0.5, 0.6) is 5.75 Å². The zero-order valence-corrected chi connectivity index (χ0v) is 15.2. The van der Waals surface area contributed by atoms with Gasteiger partial charge in [0.1, 0.15) is 30.4 Å². The highest BCUT2D eigenvalue weighted by molar-refractivity contribution is 6.31. The number of imidazole rings is 1. The van der Waals surface area contributed by atoms with E-state index in [9.17, 15) is 20.4 Å². The number of nitrogens with one attached hydrogen (secondary N) is 1. The maximum absolute atomic E-state index is 10.2. The van der Waals surface area contributed by atoms with E-state index in [1.807, 2.05) is 0 Å². The fourth-order valence-electron chi connectivity index (χ4n) is 3.17. The van der Waals surface area contributed by atoms with E-state index >= 15 is 0 Å².